The first-order valence-corrected chi connectivity index (χ1v) is 9.80. The molecule has 0 atom stereocenters. The third kappa shape index (κ3) is 4.16. The Morgan fingerprint density at radius 3 is 2.72 bits per heavy atom. The highest BCUT2D eigenvalue weighted by Crippen LogP contribution is 2.30. The summed E-state index contributed by atoms with van der Waals surface area (Å²) in [6.07, 6.45) is 2.95. The first-order chi connectivity index (χ1) is 14.0. The van der Waals surface area contributed by atoms with Crippen molar-refractivity contribution >= 4 is 39.9 Å². The number of amides is 2. The van der Waals surface area contributed by atoms with Gasteiger partial charge in [-0.05, 0) is 31.0 Å². The fraction of sp³-hybridized carbons (Fsp3) is 0.211. The van der Waals surface area contributed by atoms with Gasteiger partial charge >= 0.3 is 5.88 Å². The molecule has 2 N–H and O–H groups in total. The van der Waals surface area contributed by atoms with E-state index in [-0.39, 0.29) is 17.6 Å². The van der Waals surface area contributed by atoms with Crippen molar-refractivity contribution in [2.45, 2.75) is 19.3 Å². The molecule has 1 aliphatic carbocycles. The van der Waals surface area contributed by atoms with E-state index in [2.05, 4.69) is 15.6 Å². The number of nitrogens with zero attached hydrogens (tertiary/aromatic N) is 2. The third-order valence-electron chi connectivity index (χ3n) is 4.62. The molecule has 1 aromatic carbocycles. The number of hydrogen-bond acceptors (Lipinski definition) is 7. The Morgan fingerprint density at radius 1 is 1.21 bits per heavy atom. The molecule has 0 spiro atoms. The Kier molecular flexibility index (Phi) is 5.09. The first kappa shape index (κ1) is 18.8. The van der Waals surface area contributed by atoms with Gasteiger partial charge in [-0.25, -0.2) is 4.98 Å². The Morgan fingerprint density at radius 2 is 2.03 bits per heavy atom. The minimum Gasteiger partial charge on any atom is -0.395 e. The molecule has 1 aliphatic rings. The number of furan rings is 1. The number of hydrogen-bond donors (Lipinski definition) is 2. The summed E-state index contributed by atoms with van der Waals surface area (Å²) >= 11 is 1.21. The van der Waals surface area contributed by atoms with Gasteiger partial charge in [0.05, 0.1) is 11.8 Å². The normalized spacial score (nSPS) is 13.5. The summed E-state index contributed by atoms with van der Waals surface area (Å²) in [6, 6.07) is 9.68. The number of rotatable bonds is 6. The fourth-order valence-corrected chi connectivity index (χ4v) is 3.56. The zero-order chi connectivity index (χ0) is 20.4. The molecule has 4 rings (SSSR count). The summed E-state index contributed by atoms with van der Waals surface area (Å²) in [7, 11) is 0. The van der Waals surface area contributed by atoms with E-state index in [0.29, 0.717) is 16.5 Å². The molecule has 1 fully saturated rings. The van der Waals surface area contributed by atoms with Crippen LogP contribution in [0.3, 0.4) is 0 Å². The smallest absolute Gasteiger partial charge is 0.395 e. The lowest BCUT2D eigenvalue weighted by Crippen LogP contribution is -2.27. The van der Waals surface area contributed by atoms with E-state index in [1.165, 1.54) is 17.4 Å². The molecule has 0 aliphatic heterocycles. The summed E-state index contributed by atoms with van der Waals surface area (Å²) < 4.78 is 4.88. The average Bonchev–Trinajstić information content (AvgIpc) is 3.30. The lowest BCUT2D eigenvalue weighted by atomic mass is 9.85. The van der Waals surface area contributed by atoms with Crippen molar-refractivity contribution in [1.29, 1.82) is 0 Å². The van der Waals surface area contributed by atoms with Crippen LogP contribution in [0.4, 0.5) is 16.7 Å². The van der Waals surface area contributed by atoms with Gasteiger partial charge in [0.15, 0.2) is 10.9 Å². The number of carbonyl (C=O) groups excluding carboxylic acids is 2. The summed E-state index contributed by atoms with van der Waals surface area (Å²) in [5.41, 5.74) is 2.12. The largest absolute Gasteiger partial charge is 0.433 e. The molecule has 0 bridgehead atoms. The van der Waals surface area contributed by atoms with Crippen molar-refractivity contribution in [3.05, 3.63) is 57.7 Å². The number of nitrogens with one attached hydrogen (secondary N) is 2. The number of nitro groups is 1. The lowest BCUT2D eigenvalue weighted by Gasteiger charge is -2.24. The minimum atomic E-state index is -0.713. The topological polar surface area (TPSA) is 127 Å². The minimum absolute atomic E-state index is 0.0344. The van der Waals surface area contributed by atoms with Crippen LogP contribution in [0.5, 0.6) is 0 Å². The van der Waals surface area contributed by atoms with E-state index < -0.39 is 16.7 Å². The van der Waals surface area contributed by atoms with Crippen LogP contribution in [0.25, 0.3) is 11.3 Å². The van der Waals surface area contributed by atoms with E-state index in [0.717, 1.165) is 30.9 Å². The molecule has 0 radical (unpaired) electrons. The summed E-state index contributed by atoms with van der Waals surface area (Å²) in [5.74, 6) is -1.17. The monoisotopic (exact) mass is 412 g/mol. The fourth-order valence-electron chi connectivity index (χ4n) is 2.84. The highest BCUT2D eigenvalue weighted by atomic mass is 32.1. The molecule has 2 aromatic heterocycles. The van der Waals surface area contributed by atoms with Crippen molar-refractivity contribution in [2.24, 2.45) is 5.92 Å². The second-order valence-corrected chi connectivity index (χ2v) is 7.44. The second kappa shape index (κ2) is 7.84. The van der Waals surface area contributed by atoms with Gasteiger partial charge in [-0.15, -0.1) is 11.3 Å². The third-order valence-corrected chi connectivity index (χ3v) is 5.38. The first-order valence-electron chi connectivity index (χ1n) is 8.92. The Hall–Kier alpha value is -3.53. The highest BCUT2D eigenvalue weighted by Gasteiger charge is 2.25. The van der Waals surface area contributed by atoms with Crippen molar-refractivity contribution in [2.75, 3.05) is 10.6 Å². The Bertz CT molecular complexity index is 1090. The number of anilines is 2. The van der Waals surface area contributed by atoms with E-state index in [4.69, 9.17) is 4.42 Å². The predicted octanol–water partition coefficient (Wildman–Crippen LogP) is 4.30. The molecular formula is C19H16N4O5S. The molecule has 0 unspecified atom stereocenters. The molecule has 9 nitrogen and oxygen atoms in total. The maximum atomic E-state index is 12.2. The second-order valence-electron chi connectivity index (χ2n) is 6.58. The SMILES string of the molecule is O=C(Nc1nc(-c2cccc(NC(=O)C3CCC3)c2)cs1)c1ccc([N+](=O)[O-])o1. The van der Waals surface area contributed by atoms with Gasteiger partial charge < -0.3 is 9.73 Å². The van der Waals surface area contributed by atoms with Gasteiger partial charge in [0, 0.05) is 22.5 Å². The molecule has 2 amide bonds. The highest BCUT2D eigenvalue weighted by molar-refractivity contribution is 7.14. The van der Waals surface area contributed by atoms with Gasteiger partial charge in [0.25, 0.3) is 5.91 Å². The summed E-state index contributed by atoms with van der Waals surface area (Å²) in [6.45, 7) is 0. The van der Waals surface area contributed by atoms with Crippen LogP contribution in [-0.2, 0) is 4.79 Å². The van der Waals surface area contributed by atoms with Crippen molar-refractivity contribution in [3.63, 3.8) is 0 Å². The van der Waals surface area contributed by atoms with E-state index in [1.54, 1.807) is 5.38 Å². The van der Waals surface area contributed by atoms with Crippen molar-refractivity contribution < 1.29 is 18.9 Å². The van der Waals surface area contributed by atoms with Crippen LogP contribution in [0.2, 0.25) is 0 Å². The van der Waals surface area contributed by atoms with Gasteiger partial charge in [0.2, 0.25) is 5.91 Å². The van der Waals surface area contributed by atoms with E-state index in [9.17, 15) is 19.7 Å². The number of carbonyl (C=O) groups is 2. The van der Waals surface area contributed by atoms with Gasteiger partial charge in [-0.3, -0.25) is 25.0 Å². The van der Waals surface area contributed by atoms with E-state index >= 15 is 0 Å². The lowest BCUT2D eigenvalue weighted by molar-refractivity contribution is -0.402. The van der Waals surface area contributed by atoms with Crippen LogP contribution in [0.1, 0.15) is 29.8 Å². The number of thiazole rings is 1. The number of benzene rings is 1. The average molecular weight is 412 g/mol. The van der Waals surface area contributed by atoms with Crippen LogP contribution in [-0.4, -0.2) is 21.7 Å². The zero-order valence-corrected chi connectivity index (χ0v) is 15.9. The zero-order valence-electron chi connectivity index (χ0n) is 15.1. The molecule has 148 valence electrons. The van der Waals surface area contributed by atoms with E-state index in [1.807, 2.05) is 24.3 Å². The molecule has 10 heteroatoms. The standard InChI is InChI=1S/C19H16N4O5S/c24-17(11-3-1-4-11)20-13-6-2-5-12(9-13)14-10-29-19(21-14)22-18(25)15-7-8-16(28-15)23(26)27/h2,5-11H,1,3-4H2,(H,20,24)(H,21,22,25). The molecular weight excluding hydrogens is 396 g/mol. The molecule has 1 saturated carbocycles. The molecule has 0 saturated heterocycles. The molecule has 3 aromatic rings. The Labute approximate surface area is 168 Å². The van der Waals surface area contributed by atoms with Gasteiger partial charge in [-0.2, -0.15) is 0 Å². The maximum Gasteiger partial charge on any atom is 0.433 e. The quantitative estimate of drug-likeness (QED) is 0.459. The summed E-state index contributed by atoms with van der Waals surface area (Å²) in [4.78, 5) is 38.6. The van der Waals surface area contributed by atoms with Gasteiger partial charge in [0.1, 0.15) is 4.92 Å². The molecule has 2 heterocycles. The van der Waals surface area contributed by atoms with Crippen LogP contribution in [0.15, 0.2) is 46.2 Å². The van der Waals surface area contributed by atoms with Crippen LogP contribution < -0.4 is 10.6 Å². The molecule has 29 heavy (non-hydrogen) atoms. The van der Waals surface area contributed by atoms with Gasteiger partial charge in [-0.1, -0.05) is 18.6 Å². The Balaban J connectivity index is 1.44. The van der Waals surface area contributed by atoms with Crippen LogP contribution in [0, 0.1) is 16.0 Å². The maximum absolute atomic E-state index is 12.2. The van der Waals surface area contributed by atoms with Crippen LogP contribution >= 0.6 is 11.3 Å². The summed E-state index contributed by atoms with van der Waals surface area (Å²) in [5, 5.41) is 18.2. The number of aromatic nitrogens is 1. The van der Waals surface area contributed by atoms with Crippen molar-refractivity contribution in [3.8, 4) is 11.3 Å². The van der Waals surface area contributed by atoms with Crippen molar-refractivity contribution in [1.82, 2.24) is 4.98 Å². The predicted molar refractivity (Wildman–Crippen MR) is 107 cm³/mol.